The van der Waals surface area contributed by atoms with Crippen molar-refractivity contribution in [1.82, 2.24) is 19.5 Å². The average molecular weight is 515 g/mol. The Labute approximate surface area is 224 Å². The van der Waals surface area contributed by atoms with Crippen LogP contribution in [0.3, 0.4) is 0 Å². The van der Waals surface area contributed by atoms with E-state index in [9.17, 15) is 10.4 Å². The van der Waals surface area contributed by atoms with Gasteiger partial charge in [0.05, 0.1) is 29.1 Å². The maximum atomic E-state index is 10.1. The van der Waals surface area contributed by atoms with Gasteiger partial charge in [-0.15, -0.1) is 0 Å². The van der Waals surface area contributed by atoms with Crippen molar-refractivity contribution in [3.8, 4) is 22.9 Å². The molecule has 38 heavy (non-hydrogen) atoms. The summed E-state index contributed by atoms with van der Waals surface area (Å²) in [5, 5.41) is 24.1. The molecular formula is C30H38N6O2. The van der Waals surface area contributed by atoms with Crippen molar-refractivity contribution in [2.24, 2.45) is 11.8 Å². The van der Waals surface area contributed by atoms with Crippen molar-refractivity contribution in [2.75, 3.05) is 31.1 Å². The summed E-state index contributed by atoms with van der Waals surface area (Å²) in [6.45, 7) is 9.31. The molecule has 4 fully saturated rings. The molecule has 2 unspecified atom stereocenters. The Morgan fingerprint density at radius 1 is 1.13 bits per heavy atom. The highest BCUT2D eigenvalue weighted by Gasteiger charge is 2.45. The van der Waals surface area contributed by atoms with E-state index < -0.39 is 5.60 Å². The van der Waals surface area contributed by atoms with E-state index >= 15 is 0 Å². The molecule has 1 N–H and O–H groups in total. The normalized spacial score (nSPS) is 25.7. The molecule has 8 nitrogen and oxygen atoms in total. The molecule has 0 aromatic carbocycles. The second kappa shape index (κ2) is 9.87. The number of fused-ring (bicyclic) bond motifs is 3. The van der Waals surface area contributed by atoms with Gasteiger partial charge >= 0.3 is 0 Å². The molecule has 3 aromatic heterocycles. The Bertz CT molecular complexity index is 1320. The zero-order valence-corrected chi connectivity index (χ0v) is 22.7. The molecule has 1 aliphatic carbocycles. The highest BCUT2D eigenvalue weighted by atomic mass is 16.5. The first kappa shape index (κ1) is 25.1. The minimum absolute atomic E-state index is 0.149. The van der Waals surface area contributed by atoms with Crippen LogP contribution in [0.1, 0.15) is 58.4 Å². The monoisotopic (exact) mass is 514 g/mol. The van der Waals surface area contributed by atoms with Crippen molar-refractivity contribution >= 4 is 11.3 Å². The number of piperazine rings is 1. The SMILES string of the molecule is CC1CCC(CN2C3CC2CN(c2ccc(-c4cc(OCC(C)(C)O)cn5ncc(C#N)c45)cn2)C3)CC1. The molecule has 0 radical (unpaired) electrons. The largest absolute Gasteiger partial charge is 0.489 e. The van der Waals surface area contributed by atoms with Gasteiger partial charge in [-0.25, -0.2) is 9.50 Å². The van der Waals surface area contributed by atoms with Crippen LogP contribution < -0.4 is 9.64 Å². The molecule has 0 amide bonds. The predicted molar refractivity (Wildman–Crippen MR) is 147 cm³/mol. The van der Waals surface area contributed by atoms with Crippen LogP contribution in [0.25, 0.3) is 16.6 Å². The summed E-state index contributed by atoms with van der Waals surface area (Å²) >= 11 is 0. The van der Waals surface area contributed by atoms with Gasteiger partial charge in [-0.1, -0.05) is 19.8 Å². The predicted octanol–water partition coefficient (Wildman–Crippen LogP) is 4.51. The third kappa shape index (κ3) is 4.97. The van der Waals surface area contributed by atoms with Gasteiger partial charge in [-0.3, -0.25) is 4.90 Å². The first-order valence-electron chi connectivity index (χ1n) is 14.0. The van der Waals surface area contributed by atoms with Gasteiger partial charge in [0.2, 0.25) is 0 Å². The molecule has 3 aromatic rings. The lowest BCUT2D eigenvalue weighted by Gasteiger charge is -2.57. The molecule has 8 heteroatoms. The Morgan fingerprint density at radius 2 is 1.89 bits per heavy atom. The van der Waals surface area contributed by atoms with Crippen LogP contribution in [0.15, 0.2) is 36.8 Å². The lowest BCUT2D eigenvalue weighted by Crippen LogP contribution is -2.69. The summed E-state index contributed by atoms with van der Waals surface area (Å²) in [4.78, 5) is 10.1. The molecule has 1 saturated carbocycles. The van der Waals surface area contributed by atoms with Gasteiger partial charge in [0.15, 0.2) is 0 Å². The lowest BCUT2D eigenvalue weighted by atomic mass is 9.80. The zero-order valence-electron chi connectivity index (χ0n) is 22.7. The van der Waals surface area contributed by atoms with Crippen LogP contribution in [-0.2, 0) is 0 Å². The third-order valence-electron chi connectivity index (χ3n) is 8.63. The van der Waals surface area contributed by atoms with Gasteiger partial charge < -0.3 is 14.7 Å². The minimum atomic E-state index is -0.958. The van der Waals surface area contributed by atoms with Crippen LogP contribution in [0.2, 0.25) is 0 Å². The van der Waals surface area contributed by atoms with Crippen molar-refractivity contribution in [1.29, 1.82) is 5.26 Å². The Morgan fingerprint density at radius 3 is 2.55 bits per heavy atom. The number of rotatable bonds is 7. The van der Waals surface area contributed by atoms with Gasteiger partial charge in [0, 0.05) is 49.0 Å². The van der Waals surface area contributed by atoms with E-state index in [1.54, 1.807) is 30.8 Å². The number of anilines is 1. The van der Waals surface area contributed by atoms with E-state index in [1.807, 2.05) is 12.3 Å². The Kier molecular flexibility index (Phi) is 6.53. The number of piperidine rings is 1. The van der Waals surface area contributed by atoms with E-state index in [-0.39, 0.29) is 6.61 Å². The third-order valence-corrected chi connectivity index (χ3v) is 8.63. The highest BCUT2D eigenvalue weighted by Crippen LogP contribution is 2.38. The average Bonchev–Trinajstić information content (AvgIpc) is 3.34. The lowest BCUT2D eigenvalue weighted by molar-refractivity contribution is -0.0192. The van der Waals surface area contributed by atoms with Gasteiger partial charge in [0.25, 0.3) is 0 Å². The first-order chi connectivity index (χ1) is 18.3. The summed E-state index contributed by atoms with van der Waals surface area (Å²) in [5.41, 5.74) is 2.01. The molecule has 200 valence electrons. The summed E-state index contributed by atoms with van der Waals surface area (Å²) in [5.74, 6) is 3.37. The molecule has 3 aliphatic heterocycles. The van der Waals surface area contributed by atoms with E-state index in [4.69, 9.17) is 9.72 Å². The van der Waals surface area contributed by atoms with E-state index in [1.165, 1.54) is 38.6 Å². The Hall–Kier alpha value is -3.15. The van der Waals surface area contributed by atoms with Crippen molar-refractivity contribution in [2.45, 2.75) is 70.6 Å². The fourth-order valence-electron chi connectivity index (χ4n) is 6.45. The van der Waals surface area contributed by atoms with E-state index in [0.29, 0.717) is 23.4 Å². The minimum Gasteiger partial charge on any atom is -0.489 e. The zero-order chi connectivity index (χ0) is 26.4. The number of aliphatic hydroxyl groups is 1. The number of pyridine rings is 2. The van der Waals surface area contributed by atoms with Crippen LogP contribution in [0, 0.1) is 23.2 Å². The molecular weight excluding hydrogens is 476 g/mol. The second-order valence-electron chi connectivity index (χ2n) is 12.3. The number of nitriles is 1. The maximum absolute atomic E-state index is 10.1. The second-order valence-corrected chi connectivity index (χ2v) is 12.3. The van der Waals surface area contributed by atoms with Gasteiger partial charge in [-0.05, 0) is 63.1 Å². The molecule has 6 heterocycles. The van der Waals surface area contributed by atoms with Crippen molar-refractivity contribution in [3.05, 3.63) is 42.4 Å². The van der Waals surface area contributed by atoms with Crippen molar-refractivity contribution in [3.63, 3.8) is 0 Å². The molecule has 2 bridgehead atoms. The standard InChI is InChI=1S/C30H38N6O2/c1-20-4-6-21(7-5-20)15-35-24-10-25(35)17-34(16-24)28-9-8-22(13-32-28)27-11-26(38-19-30(2,3)37)18-36-29(27)23(12-31)14-33-36/h8-9,11,13-14,18,20-21,24-25,37H,4-7,10,15-17,19H2,1-3H3. The molecule has 4 aliphatic rings. The van der Waals surface area contributed by atoms with Crippen LogP contribution in [0.4, 0.5) is 5.82 Å². The summed E-state index contributed by atoms with van der Waals surface area (Å²) in [6.07, 6.45) is 12.1. The first-order valence-corrected chi connectivity index (χ1v) is 14.0. The van der Waals surface area contributed by atoms with Crippen LogP contribution in [-0.4, -0.2) is 68.5 Å². The maximum Gasteiger partial charge on any atom is 0.138 e. The van der Waals surface area contributed by atoms with Crippen LogP contribution in [0.5, 0.6) is 5.75 Å². The van der Waals surface area contributed by atoms with Gasteiger partial charge in [0.1, 0.15) is 24.2 Å². The van der Waals surface area contributed by atoms with Gasteiger partial charge in [-0.2, -0.15) is 10.4 Å². The molecule has 3 saturated heterocycles. The molecule has 0 spiro atoms. The quantitative estimate of drug-likeness (QED) is 0.496. The number of ether oxygens (including phenoxy) is 1. The number of hydrogen-bond donors (Lipinski definition) is 1. The number of nitrogens with zero attached hydrogens (tertiary/aromatic N) is 6. The summed E-state index contributed by atoms with van der Waals surface area (Å²) in [7, 11) is 0. The van der Waals surface area contributed by atoms with Crippen LogP contribution >= 0.6 is 0 Å². The smallest absolute Gasteiger partial charge is 0.138 e. The number of aromatic nitrogens is 3. The fraction of sp³-hybridized carbons (Fsp3) is 0.567. The molecule has 2 atom stereocenters. The Balaban J connectivity index is 1.18. The van der Waals surface area contributed by atoms with E-state index in [2.05, 4.69) is 40.0 Å². The topological polar surface area (TPSA) is 89.9 Å². The summed E-state index contributed by atoms with van der Waals surface area (Å²) in [6, 6.07) is 9.60. The highest BCUT2D eigenvalue weighted by molar-refractivity contribution is 5.85. The fourth-order valence-corrected chi connectivity index (χ4v) is 6.45. The van der Waals surface area contributed by atoms with Crippen molar-refractivity contribution < 1.29 is 9.84 Å². The number of hydrogen-bond acceptors (Lipinski definition) is 7. The van der Waals surface area contributed by atoms with E-state index in [0.717, 1.165) is 47.4 Å². The molecule has 7 rings (SSSR count). The summed E-state index contributed by atoms with van der Waals surface area (Å²) < 4.78 is 7.53.